The molecule has 4 nitrogen and oxygen atoms in total. The minimum atomic E-state index is -0.191. The third kappa shape index (κ3) is 3.05. The lowest BCUT2D eigenvalue weighted by Gasteiger charge is -2.32. The largest absolute Gasteiger partial charge is 0.340 e. The van der Waals surface area contributed by atoms with E-state index in [-0.39, 0.29) is 5.82 Å². The third-order valence-corrected chi connectivity index (χ3v) is 6.39. The van der Waals surface area contributed by atoms with E-state index >= 15 is 0 Å². The van der Waals surface area contributed by atoms with Crippen LogP contribution in [0, 0.1) is 11.7 Å². The Morgan fingerprint density at radius 1 is 1.04 bits per heavy atom. The Kier molecular flexibility index (Phi) is 4.30. The highest BCUT2D eigenvalue weighted by Crippen LogP contribution is 2.42. The average Bonchev–Trinajstić information content (AvgIpc) is 3.17. The summed E-state index contributed by atoms with van der Waals surface area (Å²) in [5.74, 6) is 2.33. The predicted molar refractivity (Wildman–Crippen MR) is 109 cm³/mol. The number of hydrogen-bond donors (Lipinski definition) is 1. The number of fused-ring (bicyclic) bond motifs is 2. The maximum absolute atomic E-state index is 13.8. The molecule has 4 aromatic rings. The van der Waals surface area contributed by atoms with Gasteiger partial charge in [-0.05, 0) is 73.4 Å². The molecule has 1 aliphatic rings. The van der Waals surface area contributed by atoms with Crippen LogP contribution in [0.15, 0.2) is 48.9 Å². The van der Waals surface area contributed by atoms with E-state index in [1.54, 1.807) is 18.3 Å². The highest BCUT2D eigenvalue weighted by molar-refractivity contribution is 5.82. The molecule has 1 saturated carbocycles. The fraction of sp³-hybridized carbons (Fsp3) is 0.348. The Hall–Kier alpha value is -2.82. The predicted octanol–water partition coefficient (Wildman–Crippen LogP) is 5.72. The van der Waals surface area contributed by atoms with E-state index in [0.29, 0.717) is 17.8 Å². The summed E-state index contributed by atoms with van der Waals surface area (Å²) in [6.07, 6.45) is 10.0. The van der Waals surface area contributed by atoms with Gasteiger partial charge in [-0.2, -0.15) is 0 Å². The van der Waals surface area contributed by atoms with Crippen LogP contribution >= 0.6 is 0 Å². The van der Waals surface area contributed by atoms with Gasteiger partial charge in [0, 0.05) is 23.7 Å². The quantitative estimate of drug-likeness (QED) is 0.499. The summed E-state index contributed by atoms with van der Waals surface area (Å²) in [6, 6.07) is 8.92. The van der Waals surface area contributed by atoms with Crippen molar-refractivity contribution >= 4 is 21.9 Å². The monoisotopic (exact) mass is 374 g/mol. The van der Waals surface area contributed by atoms with Gasteiger partial charge in [0.05, 0.1) is 22.7 Å². The molecule has 0 radical (unpaired) electrons. The molecule has 0 saturated heterocycles. The SMILES string of the molecule is C[C@@H](c1nc2ccncc2[nH]1)C1CCC(c2ccnc3ccc(F)cc23)CC1. The van der Waals surface area contributed by atoms with E-state index in [4.69, 9.17) is 4.98 Å². The van der Waals surface area contributed by atoms with Gasteiger partial charge in [0.2, 0.25) is 0 Å². The van der Waals surface area contributed by atoms with Crippen LogP contribution < -0.4 is 0 Å². The standard InChI is InChI=1S/C23H23FN4/c1-14(23-27-21-9-10-25-13-22(21)28-23)15-2-4-16(5-3-15)18-8-11-26-20-7-6-17(24)12-19(18)20/h6-16H,2-5H2,1H3,(H,27,28)/t14-,15?,16?/m1/s1. The number of hydrogen-bond acceptors (Lipinski definition) is 3. The fourth-order valence-electron chi connectivity index (χ4n) is 4.74. The summed E-state index contributed by atoms with van der Waals surface area (Å²) in [7, 11) is 0. The summed E-state index contributed by atoms with van der Waals surface area (Å²) in [5, 5.41) is 0.962. The van der Waals surface area contributed by atoms with Gasteiger partial charge in [-0.25, -0.2) is 9.37 Å². The van der Waals surface area contributed by atoms with Crippen molar-refractivity contribution in [1.82, 2.24) is 19.9 Å². The minimum absolute atomic E-state index is 0.191. The Balaban J connectivity index is 1.34. The molecule has 1 aromatic carbocycles. The topological polar surface area (TPSA) is 54.5 Å². The number of imidazole rings is 1. The van der Waals surface area contributed by atoms with Crippen LogP contribution in [-0.4, -0.2) is 19.9 Å². The molecule has 142 valence electrons. The summed E-state index contributed by atoms with van der Waals surface area (Å²) in [5.41, 5.74) is 4.11. The molecule has 1 aliphatic carbocycles. The Bertz CT molecular complexity index is 1090. The van der Waals surface area contributed by atoms with Crippen molar-refractivity contribution in [3.05, 3.63) is 66.1 Å². The second kappa shape index (κ2) is 6.97. The van der Waals surface area contributed by atoms with Crippen molar-refractivity contribution < 1.29 is 4.39 Å². The van der Waals surface area contributed by atoms with Crippen LogP contribution in [0.4, 0.5) is 4.39 Å². The first-order chi connectivity index (χ1) is 13.7. The van der Waals surface area contributed by atoms with Gasteiger partial charge in [0.1, 0.15) is 11.6 Å². The molecule has 0 spiro atoms. The van der Waals surface area contributed by atoms with Crippen LogP contribution in [-0.2, 0) is 0 Å². The van der Waals surface area contributed by atoms with E-state index in [2.05, 4.69) is 27.9 Å². The first-order valence-corrected chi connectivity index (χ1v) is 10.0. The second-order valence-electron chi connectivity index (χ2n) is 7.98. The second-order valence-corrected chi connectivity index (χ2v) is 7.98. The zero-order valence-corrected chi connectivity index (χ0v) is 15.9. The van der Waals surface area contributed by atoms with Gasteiger partial charge in [0.15, 0.2) is 0 Å². The van der Waals surface area contributed by atoms with Crippen molar-refractivity contribution in [2.24, 2.45) is 5.92 Å². The van der Waals surface area contributed by atoms with Crippen LogP contribution in [0.5, 0.6) is 0 Å². The minimum Gasteiger partial charge on any atom is -0.340 e. The lowest BCUT2D eigenvalue weighted by Crippen LogP contribution is -2.19. The summed E-state index contributed by atoms with van der Waals surface area (Å²) >= 11 is 0. The Labute approximate surface area is 163 Å². The number of H-pyrrole nitrogens is 1. The van der Waals surface area contributed by atoms with Crippen molar-refractivity contribution in [3.8, 4) is 0 Å². The summed E-state index contributed by atoms with van der Waals surface area (Å²) in [4.78, 5) is 16.8. The molecule has 0 amide bonds. The van der Waals surface area contributed by atoms with Gasteiger partial charge in [-0.1, -0.05) is 6.92 Å². The normalized spacial score (nSPS) is 21.2. The number of nitrogens with zero attached hydrogens (tertiary/aromatic N) is 3. The van der Waals surface area contributed by atoms with Crippen LogP contribution in [0.1, 0.15) is 55.8 Å². The summed E-state index contributed by atoms with van der Waals surface area (Å²) < 4.78 is 13.8. The van der Waals surface area contributed by atoms with Crippen molar-refractivity contribution in [1.29, 1.82) is 0 Å². The molecule has 5 rings (SSSR count). The number of aromatic amines is 1. The molecule has 28 heavy (non-hydrogen) atoms. The van der Waals surface area contributed by atoms with Crippen molar-refractivity contribution in [2.45, 2.75) is 44.4 Å². The summed E-state index contributed by atoms with van der Waals surface area (Å²) in [6.45, 7) is 2.27. The van der Waals surface area contributed by atoms with E-state index in [9.17, 15) is 4.39 Å². The average molecular weight is 374 g/mol. The van der Waals surface area contributed by atoms with E-state index in [1.165, 1.54) is 11.6 Å². The van der Waals surface area contributed by atoms with E-state index in [1.807, 2.05) is 18.5 Å². The van der Waals surface area contributed by atoms with Crippen LogP contribution in [0.25, 0.3) is 21.9 Å². The molecular formula is C23H23FN4. The van der Waals surface area contributed by atoms with Crippen molar-refractivity contribution in [2.75, 3.05) is 0 Å². The molecule has 1 atom stereocenters. The highest BCUT2D eigenvalue weighted by Gasteiger charge is 2.29. The maximum atomic E-state index is 13.8. The lowest BCUT2D eigenvalue weighted by molar-refractivity contribution is 0.286. The zero-order valence-electron chi connectivity index (χ0n) is 15.9. The maximum Gasteiger partial charge on any atom is 0.123 e. The molecule has 1 N–H and O–H groups in total. The molecular weight excluding hydrogens is 351 g/mol. The Morgan fingerprint density at radius 2 is 1.89 bits per heavy atom. The molecule has 1 fully saturated rings. The number of benzene rings is 1. The number of halogens is 1. The van der Waals surface area contributed by atoms with Gasteiger partial charge >= 0.3 is 0 Å². The first kappa shape index (κ1) is 17.3. The number of nitrogens with one attached hydrogen (secondary N) is 1. The van der Waals surface area contributed by atoms with Gasteiger partial charge < -0.3 is 4.98 Å². The number of aromatic nitrogens is 4. The number of pyridine rings is 2. The first-order valence-electron chi connectivity index (χ1n) is 10.0. The third-order valence-electron chi connectivity index (χ3n) is 6.39. The molecule has 0 unspecified atom stereocenters. The highest BCUT2D eigenvalue weighted by atomic mass is 19.1. The van der Waals surface area contributed by atoms with Gasteiger partial charge in [-0.15, -0.1) is 0 Å². The molecule has 0 aliphatic heterocycles. The molecule has 3 heterocycles. The van der Waals surface area contributed by atoms with Gasteiger partial charge in [-0.3, -0.25) is 9.97 Å². The van der Waals surface area contributed by atoms with Crippen molar-refractivity contribution in [3.63, 3.8) is 0 Å². The zero-order chi connectivity index (χ0) is 19.1. The lowest BCUT2D eigenvalue weighted by atomic mass is 9.73. The molecule has 3 aromatic heterocycles. The number of rotatable bonds is 3. The molecule has 0 bridgehead atoms. The van der Waals surface area contributed by atoms with E-state index in [0.717, 1.165) is 53.4 Å². The van der Waals surface area contributed by atoms with Crippen LogP contribution in [0.2, 0.25) is 0 Å². The van der Waals surface area contributed by atoms with E-state index < -0.39 is 0 Å². The fourth-order valence-corrected chi connectivity index (χ4v) is 4.74. The molecule has 5 heteroatoms. The Morgan fingerprint density at radius 3 is 2.71 bits per heavy atom. The van der Waals surface area contributed by atoms with Crippen LogP contribution in [0.3, 0.4) is 0 Å². The smallest absolute Gasteiger partial charge is 0.123 e. The van der Waals surface area contributed by atoms with Gasteiger partial charge in [0.25, 0.3) is 0 Å².